The van der Waals surface area contributed by atoms with Crippen LogP contribution in [-0.4, -0.2) is 25.9 Å². The fourth-order valence-electron chi connectivity index (χ4n) is 2.32. The fourth-order valence-corrected chi connectivity index (χ4v) is 2.32. The molecule has 0 bridgehead atoms. The molecular weight excluding hydrogens is 202 g/mol. The fraction of sp³-hybridized carbons (Fsp3) is 0.538. The Labute approximate surface area is 96.4 Å². The topological polar surface area (TPSA) is 41.5 Å². The standard InChI is InChI=1S/C13H19NO2/c1-14-12(13(9-15)7-8-13)10-3-5-11(16-2)6-4-10/h3-6,12,14-15H,7-9H2,1-2H3. The van der Waals surface area contributed by atoms with E-state index in [-0.39, 0.29) is 18.1 Å². The quantitative estimate of drug-likeness (QED) is 0.795. The van der Waals surface area contributed by atoms with Crippen molar-refractivity contribution >= 4 is 0 Å². The molecule has 1 aromatic carbocycles. The maximum atomic E-state index is 9.46. The number of ether oxygens (including phenoxy) is 1. The molecule has 0 aromatic heterocycles. The summed E-state index contributed by atoms with van der Waals surface area (Å²) in [7, 11) is 3.62. The average molecular weight is 221 g/mol. The van der Waals surface area contributed by atoms with E-state index in [1.54, 1.807) is 7.11 Å². The summed E-state index contributed by atoms with van der Waals surface area (Å²) in [5, 5.41) is 12.8. The molecule has 1 atom stereocenters. The monoisotopic (exact) mass is 221 g/mol. The highest BCUT2D eigenvalue weighted by atomic mass is 16.5. The van der Waals surface area contributed by atoms with Crippen molar-refractivity contribution in [2.24, 2.45) is 5.41 Å². The molecule has 0 radical (unpaired) electrons. The van der Waals surface area contributed by atoms with Gasteiger partial charge in [0.05, 0.1) is 13.7 Å². The van der Waals surface area contributed by atoms with E-state index in [1.165, 1.54) is 5.56 Å². The minimum Gasteiger partial charge on any atom is -0.497 e. The van der Waals surface area contributed by atoms with Crippen molar-refractivity contribution in [1.29, 1.82) is 0 Å². The molecule has 88 valence electrons. The summed E-state index contributed by atoms with van der Waals surface area (Å²) in [4.78, 5) is 0. The van der Waals surface area contributed by atoms with Crippen LogP contribution in [0.25, 0.3) is 0 Å². The smallest absolute Gasteiger partial charge is 0.118 e. The first-order chi connectivity index (χ1) is 7.75. The van der Waals surface area contributed by atoms with Crippen molar-refractivity contribution in [2.75, 3.05) is 20.8 Å². The minimum atomic E-state index is 0.0589. The average Bonchev–Trinajstić information content (AvgIpc) is 3.12. The Kier molecular flexibility index (Phi) is 3.17. The van der Waals surface area contributed by atoms with Gasteiger partial charge in [0.1, 0.15) is 5.75 Å². The SMILES string of the molecule is CNC(c1ccc(OC)cc1)C1(CO)CC1. The molecular formula is C13H19NO2. The summed E-state index contributed by atoms with van der Waals surface area (Å²) in [5.74, 6) is 0.868. The lowest BCUT2D eigenvalue weighted by Gasteiger charge is -2.25. The van der Waals surface area contributed by atoms with E-state index in [9.17, 15) is 5.11 Å². The summed E-state index contributed by atoms with van der Waals surface area (Å²) >= 11 is 0. The predicted octanol–water partition coefficient (Wildman–Crippen LogP) is 1.73. The highest BCUT2D eigenvalue weighted by molar-refractivity contribution is 5.31. The highest BCUT2D eigenvalue weighted by Crippen LogP contribution is 2.54. The maximum Gasteiger partial charge on any atom is 0.118 e. The molecule has 1 aliphatic rings. The van der Waals surface area contributed by atoms with Gasteiger partial charge in [-0.3, -0.25) is 0 Å². The number of hydrogen-bond acceptors (Lipinski definition) is 3. The molecule has 1 unspecified atom stereocenters. The number of nitrogens with one attached hydrogen (secondary N) is 1. The van der Waals surface area contributed by atoms with E-state index < -0.39 is 0 Å². The van der Waals surface area contributed by atoms with Gasteiger partial charge >= 0.3 is 0 Å². The van der Waals surface area contributed by atoms with Gasteiger partial charge in [-0.1, -0.05) is 12.1 Å². The number of methoxy groups -OCH3 is 1. The van der Waals surface area contributed by atoms with Crippen LogP contribution in [0, 0.1) is 5.41 Å². The van der Waals surface area contributed by atoms with Crippen LogP contribution in [0.3, 0.4) is 0 Å². The second-order valence-corrected chi connectivity index (χ2v) is 4.52. The van der Waals surface area contributed by atoms with Crippen LogP contribution < -0.4 is 10.1 Å². The van der Waals surface area contributed by atoms with E-state index in [2.05, 4.69) is 17.4 Å². The number of hydrogen-bond donors (Lipinski definition) is 2. The van der Waals surface area contributed by atoms with Gasteiger partial charge in [-0.05, 0) is 37.6 Å². The second kappa shape index (κ2) is 4.44. The van der Waals surface area contributed by atoms with Crippen LogP contribution >= 0.6 is 0 Å². The summed E-state index contributed by atoms with van der Waals surface area (Å²) < 4.78 is 5.14. The lowest BCUT2D eigenvalue weighted by molar-refractivity contribution is 0.175. The molecule has 0 heterocycles. The third kappa shape index (κ3) is 1.93. The zero-order valence-electron chi connectivity index (χ0n) is 9.86. The molecule has 0 spiro atoms. The van der Waals surface area contributed by atoms with Crippen molar-refractivity contribution in [3.63, 3.8) is 0 Å². The molecule has 1 aliphatic carbocycles. The molecule has 2 N–H and O–H groups in total. The summed E-state index contributed by atoms with van der Waals surface area (Å²) in [6.45, 7) is 0.254. The number of benzene rings is 1. The molecule has 0 aliphatic heterocycles. The van der Waals surface area contributed by atoms with E-state index in [1.807, 2.05) is 19.2 Å². The van der Waals surface area contributed by atoms with E-state index >= 15 is 0 Å². The van der Waals surface area contributed by atoms with Crippen molar-refractivity contribution in [1.82, 2.24) is 5.32 Å². The Hall–Kier alpha value is -1.06. The van der Waals surface area contributed by atoms with Crippen molar-refractivity contribution in [3.05, 3.63) is 29.8 Å². The van der Waals surface area contributed by atoms with Gasteiger partial charge in [0, 0.05) is 11.5 Å². The van der Waals surface area contributed by atoms with Crippen LogP contribution in [-0.2, 0) is 0 Å². The lowest BCUT2D eigenvalue weighted by Crippen LogP contribution is -2.29. The van der Waals surface area contributed by atoms with Crippen LogP contribution in [0.4, 0.5) is 0 Å². The third-order valence-electron chi connectivity index (χ3n) is 3.56. The first-order valence-electron chi connectivity index (χ1n) is 5.68. The number of aliphatic hydroxyl groups excluding tert-OH is 1. The van der Waals surface area contributed by atoms with Gasteiger partial charge in [0.25, 0.3) is 0 Å². The molecule has 0 saturated heterocycles. The highest BCUT2D eigenvalue weighted by Gasteiger charge is 2.48. The van der Waals surface area contributed by atoms with Crippen molar-refractivity contribution in [2.45, 2.75) is 18.9 Å². The second-order valence-electron chi connectivity index (χ2n) is 4.52. The Morgan fingerprint density at radius 1 is 1.38 bits per heavy atom. The molecule has 3 nitrogen and oxygen atoms in total. The lowest BCUT2D eigenvalue weighted by atomic mass is 9.91. The zero-order chi connectivity index (χ0) is 11.6. The Balaban J connectivity index is 2.20. The first kappa shape index (κ1) is 11.4. The number of rotatable bonds is 5. The zero-order valence-corrected chi connectivity index (χ0v) is 9.86. The van der Waals surface area contributed by atoms with Crippen LogP contribution in [0.1, 0.15) is 24.4 Å². The normalized spacial score (nSPS) is 19.2. The van der Waals surface area contributed by atoms with Crippen LogP contribution in [0.15, 0.2) is 24.3 Å². The molecule has 0 amide bonds. The van der Waals surface area contributed by atoms with Crippen molar-refractivity contribution in [3.8, 4) is 5.75 Å². The van der Waals surface area contributed by atoms with Gasteiger partial charge in [-0.25, -0.2) is 0 Å². The Morgan fingerprint density at radius 3 is 2.38 bits per heavy atom. The molecule has 1 saturated carbocycles. The van der Waals surface area contributed by atoms with Gasteiger partial charge in [-0.15, -0.1) is 0 Å². The van der Waals surface area contributed by atoms with Crippen LogP contribution in [0.2, 0.25) is 0 Å². The Morgan fingerprint density at radius 2 is 2.00 bits per heavy atom. The molecule has 2 rings (SSSR count). The molecule has 3 heteroatoms. The Bertz CT molecular complexity index is 343. The van der Waals surface area contributed by atoms with E-state index in [4.69, 9.17) is 4.74 Å². The molecule has 1 fully saturated rings. The van der Waals surface area contributed by atoms with Gasteiger partial charge in [0.15, 0.2) is 0 Å². The van der Waals surface area contributed by atoms with E-state index in [0.717, 1.165) is 18.6 Å². The summed E-state index contributed by atoms with van der Waals surface area (Å²) in [6.07, 6.45) is 2.20. The van der Waals surface area contributed by atoms with Gasteiger partial charge < -0.3 is 15.2 Å². The van der Waals surface area contributed by atoms with Crippen molar-refractivity contribution < 1.29 is 9.84 Å². The summed E-state index contributed by atoms with van der Waals surface area (Å²) in [5.41, 5.74) is 1.28. The minimum absolute atomic E-state index is 0.0589. The molecule has 16 heavy (non-hydrogen) atoms. The van der Waals surface area contributed by atoms with Gasteiger partial charge in [-0.2, -0.15) is 0 Å². The number of aliphatic hydroxyl groups is 1. The van der Waals surface area contributed by atoms with Crippen LogP contribution in [0.5, 0.6) is 5.75 Å². The predicted molar refractivity (Wildman–Crippen MR) is 63.5 cm³/mol. The third-order valence-corrected chi connectivity index (χ3v) is 3.56. The van der Waals surface area contributed by atoms with E-state index in [0.29, 0.717) is 0 Å². The largest absolute Gasteiger partial charge is 0.497 e. The van der Waals surface area contributed by atoms with Gasteiger partial charge in [0.2, 0.25) is 0 Å². The molecule has 1 aromatic rings. The first-order valence-corrected chi connectivity index (χ1v) is 5.68. The summed E-state index contributed by atoms with van der Waals surface area (Å²) in [6, 6.07) is 8.30. The maximum absolute atomic E-state index is 9.46.